The molecule has 1 amide bonds. The number of halogens is 5. The minimum Gasteiger partial charge on any atom is -0.363 e. The summed E-state index contributed by atoms with van der Waals surface area (Å²) in [6.07, 6.45) is -4.77. The number of aromatic nitrogens is 2. The molecule has 3 aromatic rings. The standard InChI is InChI=1S/C21H17Cl2F3N4O/c1-11-2-4-12(5-3-11)16-9-18(21(24,25)26)30-19(27-16)10-17(29-30)20(31)28-15-7-6-13(22)8-14(15)23/h2-8,10,16,18,27H,9H2,1H3,(H,28,31)/t16-,18+/m1/s1. The number of fused-ring (bicyclic) bond motifs is 1. The van der Waals surface area contributed by atoms with Crippen molar-refractivity contribution in [3.8, 4) is 0 Å². The van der Waals surface area contributed by atoms with E-state index in [0.29, 0.717) is 5.02 Å². The second-order valence-corrected chi connectivity index (χ2v) is 8.18. The van der Waals surface area contributed by atoms with Gasteiger partial charge in [0, 0.05) is 17.5 Å². The number of benzene rings is 2. The van der Waals surface area contributed by atoms with Gasteiger partial charge in [-0.05, 0) is 30.7 Å². The van der Waals surface area contributed by atoms with Gasteiger partial charge < -0.3 is 10.6 Å². The summed E-state index contributed by atoms with van der Waals surface area (Å²) in [5, 5.41) is 10.2. The van der Waals surface area contributed by atoms with Crippen LogP contribution in [0.4, 0.5) is 24.7 Å². The molecule has 0 unspecified atom stereocenters. The van der Waals surface area contributed by atoms with Crippen molar-refractivity contribution in [3.05, 3.63) is 75.4 Å². The Morgan fingerprint density at radius 1 is 1.16 bits per heavy atom. The van der Waals surface area contributed by atoms with Gasteiger partial charge in [-0.15, -0.1) is 0 Å². The van der Waals surface area contributed by atoms with E-state index in [0.717, 1.165) is 15.8 Å². The number of aryl methyl sites for hydroxylation is 1. The minimum atomic E-state index is -4.53. The fourth-order valence-electron chi connectivity index (χ4n) is 3.48. The molecule has 2 heterocycles. The number of alkyl halides is 3. The molecule has 0 aliphatic carbocycles. The molecule has 0 spiro atoms. The fourth-order valence-corrected chi connectivity index (χ4v) is 3.93. The lowest BCUT2D eigenvalue weighted by Crippen LogP contribution is -2.35. The number of amides is 1. The Morgan fingerprint density at radius 2 is 1.87 bits per heavy atom. The molecule has 0 radical (unpaired) electrons. The summed E-state index contributed by atoms with van der Waals surface area (Å²) in [5.41, 5.74) is 1.86. The molecule has 31 heavy (non-hydrogen) atoms. The van der Waals surface area contributed by atoms with Gasteiger partial charge in [-0.3, -0.25) is 4.79 Å². The maximum absolute atomic E-state index is 13.8. The molecule has 2 atom stereocenters. The van der Waals surface area contributed by atoms with E-state index in [2.05, 4.69) is 15.7 Å². The van der Waals surface area contributed by atoms with Gasteiger partial charge in [0.25, 0.3) is 5.91 Å². The van der Waals surface area contributed by atoms with E-state index in [9.17, 15) is 18.0 Å². The normalized spacial score (nSPS) is 18.3. The van der Waals surface area contributed by atoms with Crippen molar-refractivity contribution < 1.29 is 18.0 Å². The topological polar surface area (TPSA) is 59.0 Å². The Morgan fingerprint density at radius 3 is 2.52 bits per heavy atom. The highest BCUT2D eigenvalue weighted by molar-refractivity contribution is 6.36. The Hall–Kier alpha value is -2.71. The first-order valence-electron chi connectivity index (χ1n) is 9.37. The predicted octanol–water partition coefficient (Wildman–Crippen LogP) is 6.41. The largest absolute Gasteiger partial charge is 0.410 e. The van der Waals surface area contributed by atoms with Crippen LogP contribution in [0.3, 0.4) is 0 Å². The molecule has 4 rings (SSSR count). The molecule has 2 aromatic carbocycles. The molecule has 162 valence electrons. The number of carbonyl (C=O) groups excluding carboxylic acids is 1. The van der Waals surface area contributed by atoms with Crippen LogP contribution in [0.2, 0.25) is 10.0 Å². The molecule has 2 N–H and O–H groups in total. The number of anilines is 2. The first-order valence-corrected chi connectivity index (χ1v) is 10.1. The van der Waals surface area contributed by atoms with Crippen molar-refractivity contribution >= 4 is 40.6 Å². The van der Waals surface area contributed by atoms with Crippen LogP contribution < -0.4 is 10.6 Å². The highest BCUT2D eigenvalue weighted by Crippen LogP contribution is 2.43. The summed E-state index contributed by atoms with van der Waals surface area (Å²) in [4.78, 5) is 12.6. The summed E-state index contributed by atoms with van der Waals surface area (Å²) in [7, 11) is 0. The lowest BCUT2D eigenvalue weighted by molar-refractivity contribution is -0.173. The highest BCUT2D eigenvalue weighted by Gasteiger charge is 2.46. The maximum Gasteiger partial charge on any atom is 0.410 e. The number of hydrogen-bond acceptors (Lipinski definition) is 3. The van der Waals surface area contributed by atoms with Gasteiger partial charge in [-0.25, -0.2) is 4.68 Å². The SMILES string of the molecule is Cc1ccc([C@H]2C[C@@H](C(F)(F)F)n3nc(C(=O)Nc4ccc(Cl)cc4Cl)cc3N2)cc1. The molecule has 0 bridgehead atoms. The van der Waals surface area contributed by atoms with Gasteiger partial charge in [0.05, 0.1) is 16.8 Å². The number of nitrogens with one attached hydrogen (secondary N) is 2. The Balaban J connectivity index is 1.64. The third-order valence-corrected chi connectivity index (χ3v) is 5.63. The van der Waals surface area contributed by atoms with Crippen LogP contribution in [-0.4, -0.2) is 21.9 Å². The van der Waals surface area contributed by atoms with Gasteiger partial charge in [0.2, 0.25) is 0 Å². The number of rotatable bonds is 3. The monoisotopic (exact) mass is 468 g/mol. The van der Waals surface area contributed by atoms with Crippen molar-refractivity contribution in [3.63, 3.8) is 0 Å². The summed E-state index contributed by atoms with van der Waals surface area (Å²) in [6, 6.07) is 10.6. The zero-order chi connectivity index (χ0) is 22.3. The van der Waals surface area contributed by atoms with E-state index in [4.69, 9.17) is 23.2 Å². The van der Waals surface area contributed by atoms with Crippen LogP contribution in [0.25, 0.3) is 0 Å². The molecule has 0 fully saturated rings. The van der Waals surface area contributed by atoms with Crippen LogP contribution in [0.1, 0.15) is 40.1 Å². The number of carbonyl (C=O) groups is 1. The van der Waals surface area contributed by atoms with E-state index in [1.165, 1.54) is 24.3 Å². The average Bonchev–Trinajstić information content (AvgIpc) is 3.13. The third-order valence-electron chi connectivity index (χ3n) is 5.08. The molecular formula is C21H17Cl2F3N4O. The van der Waals surface area contributed by atoms with Crippen molar-refractivity contribution in [2.45, 2.75) is 31.6 Å². The molecule has 10 heteroatoms. The number of hydrogen-bond donors (Lipinski definition) is 2. The lowest BCUT2D eigenvalue weighted by Gasteiger charge is -2.33. The van der Waals surface area contributed by atoms with E-state index in [1.54, 1.807) is 12.1 Å². The Bertz CT molecular complexity index is 1130. The predicted molar refractivity (Wildman–Crippen MR) is 114 cm³/mol. The second kappa shape index (κ2) is 8.09. The van der Waals surface area contributed by atoms with Gasteiger partial charge in [0.15, 0.2) is 11.7 Å². The fraction of sp³-hybridized carbons (Fsp3) is 0.238. The Labute approximate surface area is 186 Å². The summed E-state index contributed by atoms with van der Waals surface area (Å²) in [6.45, 7) is 1.91. The van der Waals surface area contributed by atoms with E-state index in [-0.39, 0.29) is 28.6 Å². The molecule has 0 saturated carbocycles. The summed E-state index contributed by atoms with van der Waals surface area (Å²) >= 11 is 11.9. The smallest absolute Gasteiger partial charge is 0.363 e. The summed E-state index contributed by atoms with van der Waals surface area (Å²) < 4.78 is 42.2. The molecule has 0 saturated heterocycles. The second-order valence-electron chi connectivity index (χ2n) is 7.34. The zero-order valence-corrected chi connectivity index (χ0v) is 17.7. The lowest BCUT2D eigenvalue weighted by atomic mass is 9.96. The van der Waals surface area contributed by atoms with E-state index < -0.39 is 24.2 Å². The number of nitrogens with zero attached hydrogens (tertiary/aromatic N) is 2. The van der Waals surface area contributed by atoms with E-state index >= 15 is 0 Å². The molecule has 1 aliphatic rings. The molecular weight excluding hydrogens is 452 g/mol. The van der Waals surface area contributed by atoms with Gasteiger partial charge in [0.1, 0.15) is 5.82 Å². The van der Waals surface area contributed by atoms with Crippen molar-refractivity contribution in [1.29, 1.82) is 0 Å². The van der Waals surface area contributed by atoms with Gasteiger partial charge >= 0.3 is 6.18 Å². The van der Waals surface area contributed by atoms with Crippen LogP contribution in [0, 0.1) is 6.92 Å². The van der Waals surface area contributed by atoms with Crippen LogP contribution in [-0.2, 0) is 0 Å². The summed E-state index contributed by atoms with van der Waals surface area (Å²) in [5.74, 6) is -0.563. The van der Waals surface area contributed by atoms with Crippen LogP contribution in [0.15, 0.2) is 48.5 Å². The molecule has 1 aliphatic heterocycles. The van der Waals surface area contributed by atoms with Crippen molar-refractivity contribution in [2.24, 2.45) is 0 Å². The highest BCUT2D eigenvalue weighted by atomic mass is 35.5. The third kappa shape index (κ3) is 4.50. The van der Waals surface area contributed by atoms with E-state index in [1.807, 2.05) is 19.1 Å². The quantitative estimate of drug-likeness (QED) is 0.466. The zero-order valence-electron chi connectivity index (χ0n) is 16.2. The van der Waals surface area contributed by atoms with Crippen molar-refractivity contribution in [1.82, 2.24) is 9.78 Å². The first-order chi connectivity index (χ1) is 14.6. The van der Waals surface area contributed by atoms with Gasteiger partial charge in [-0.1, -0.05) is 53.0 Å². The molecule has 5 nitrogen and oxygen atoms in total. The first kappa shape index (κ1) is 21.5. The molecule has 1 aromatic heterocycles. The average molecular weight is 469 g/mol. The minimum absolute atomic E-state index is 0.117. The van der Waals surface area contributed by atoms with Gasteiger partial charge in [-0.2, -0.15) is 18.3 Å². The van der Waals surface area contributed by atoms with Crippen LogP contribution in [0.5, 0.6) is 0 Å². The maximum atomic E-state index is 13.8. The Kier molecular flexibility index (Phi) is 5.61. The van der Waals surface area contributed by atoms with Crippen LogP contribution >= 0.6 is 23.2 Å². The van der Waals surface area contributed by atoms with Crippen molar-refractivity contribution in [2.75, 3.05) is 10.6 Å².